The van der Waals surface area contributed by atoms with Gasteiger partial charge in [-0.15, -0.1) is 0 Å². The topological polar surface area (TPSA) is 58.2 Å². The quantitative estimate of drug-likeness (QED) is 0.774. The molecule has 0 spiro atoms. The van der Waals surface area contributed by atoms with Crippen molar-refractivity contribution in [3.8, 4) is 0 Å². The van der Waals surface area contributed by atoms with Crippen LogP contribution in [0.25, 0.3) is 0 Å². The first-order chi connectivity index (χ1) is 7.94. The van der Waals surface area contributed by atoms with Crippen LogP contribution in [0.2, 0.25) is 0 Å². The van der Waals surface area contributed by atoms with E-state index in [2.05, 4.69) is 10.6 Å². The molecule has 2 rings (SSSR count). The summed E-state index contributed by atoms with van der Waals surface area (Å²) in [5.74, 6) is 0.0135. The van der Waals surface area contributed by atoms with Crippen LogP contribution in [-0.4, -0.2) is 24.3 Å². The van der Waals surface area contributed by atoms with Crippen LogP contribution >= 0.6 is 0 Å². The van der Waals surface area contributed by atoms with E-state index < -0.39 is 5.54 Å². The van der Waals surface area contributed by atoms with Crippen LogP contribution in [0, 0.1) is 0 Å². The minimum atomic E-state index is -0.593. The zero-order valence-electron chi connectivity index (χ0n) is 10.3. The summed E-state index contributed by atoms with van der Waals surface area (Å²) in [4.78, 5) is 23.4. The van der Waals surface area contributed by atoms with Gasteiger partial charge in [-0.25, -0.2) is 0 Å². The average molecular weight is 232 g/mol. The van der Waals surface area contributed by atoms with Crippen LogP contribution in [0.1, 0.15) is 29.8 Å². The predicted octanol–water partition coefficient (Wildman–Crippen LogP) is 1.36. The molecule has 1 aliphatic heterocycles. The summed E-state index contributed by atoms with van der Waals surface area (Å²) in [7, 11) is 1.76. The number of carbonyl (C=O) groups is 2. The summed E-state index contributed by atoms with van der Waals surface area (Å²) in [5, 5.41) is 5.73. The second kappa shape index (κ2) is 3.96. The molecule has 0 bridgehead atoms. The van der Waals surface area contributed by atoms with Gasteiger partial charge >= 0.3 is 0 Å². The van der Waals surface area contributed by atoms with Crippen LogP contribution in [0.3, 0.4) is 0 Å². The van der Waals surface area contributed by atoms with Crippen molar-refractivity contribution in [3.05, 3.63) is 29.3 Å². The van der Waals surface area contributed by atoms with Gasteiger partial charge in [-0.3, -0.25) is 9.59 Å². The standard InChI is InChI=1S/C13H16N2O2/c1-13(2,14-3)12(17)8-4-5-10-9(6-8)7-11(16)15-10/h4-6,14H,7H2,1-3H3,(H,15,16). The lowest BCUT2D eigenvalue weighted by molar-refractivity contribution is -0.115. The summed E-state index contributed by atoms with van der Waals surface area (Å²) < 4.78 is 0. The van der Waals surface area contributed by atoms with Gasteiger partial charge in [0.1, 0.15) is 0 Å². The second-order valence-electron chi connectivity index (χ2n) is 4.80. The molecule has 4 heteroatoms. The molecule has 0 unspecified atom stereocenters. The van der Waals surface area contributed by atoms with Gasteiger partial charge in [-0.05, 0) is 44.7 Å². The predicted molar refractivity (Wildman–Crippen MR) is 66.2 cm³/mol. The molecule has 1 aromatic carbocycles. The molecular formula is C13H16N2O2. The fourth-order valence-corrected chi connectivity index (χ4v) is 1.84. The van der Waals surface area contributed by atoms with E-state index in [9.17, 15) is 9.59 Å². The molecule has 0 radical (unpaired) electrons. The van der Waals surface area contributed by atoms with E-state index in [1.165, 1.54) is 0 Å². The molecule has 2 N–H and O–H groups in total. The smallest absolute Gasteiger partial charge is 0.228 e. The molecule has 1 aliphatic rings. The highest BCUT2D eigenvalue weighted by Gasteiger charge is 2.28. The molecule has 1 amide bonds. The Labute approximate surface area is 100 Å². The third kappa shape index (κ3) is 2.08. The fraction of sp³-hybridized carbons (Fsp3) is 0.385. The first-order valence-corrected chi connectivity index (χ1v) is 5.60. The number of likely N-dealkylation sites (N-methyl/N-ethyl adjacent to an activating group) is 1. The molecule has 4 nitrogen and oxygen atoms in total. The number of hydrogen-bond acceptors (Lipinski definition) is 3. The number of ketones is 1. The maximum Gasteiger partial charge on any atom is 0.228 e. The largest absolute Gasteiger partial charge is 0.326 e. The monoisotopic (exact) mass is 232 g/mol. The number of benzene rings is 1. The summed E-state index contributed by atoms with van der Waals surface area (Å²) in [6.07, 6.45) is 0.358. The molecule has 1 aromatic rings. The highest BCUT2D eigenvalue weighted by Crippen LogP contribution is 2.25. The molecule has 0 atom stereocenters. The third-order valence-corrected chi connectivity index (χ3v) is 3.19. The van der Waals surface area contributed by atoms with Crippen molar-refractivity contribution in [2.24, 2.45) is 0 Å². The van der Waals surface area contributed by atoms with E-state index in [1.807, 2.05) is 13.8 Å². The second-order valence-corrected chi connectivity index (χ2v) is 4.80. The molecule has 0 aliphatic carbocycles. The van der Waals surface area contributed by atoms with Gasteiger partial charge in [0.05, 0.1) is 12.0 Å². The van der Waals surface area contributed by atoms with Gasteiger partial charge in [0.15, 0.2) is 5.78 Å². The molecule has 0 saturated carbocycles. The number of amides is 1. The van der Waals surface area contributed by atoms with E-state index in [4.69, 9.17) is 0 Å². The summed E-state index contributed by atoms with van der Waals surface area (Å²) in [6, 6.07) is 5.35. The highest BCUT2D eigenvalue weighted by atomic mass is 16.2. The van der Waals surface area contributed by atoms with E-state index in [0.717, 1.165) is 11.3 Å². The maximum absolute atomic E-state index is 12.2. The number of hydrogen-bond donors (Lipinski definition) is 2. The Morgan fingerprint density at radius 1 is 1.41 bits per heavy atom. The van der Waals surface area contributed by atoms with Crippen LogP contribution in [-0.2, 0) is 11.2 Å². The lowest BCUT2D eigenvalue weighted by Gasteiger charge is -2.22. The van der Waals surface area contributed by atoms with Crippen molar-refractivity contribution in [1.82, 2.24) is 5.32 Å². The van der Waals surface area contributed by atoms with Gasteiger partial charge in [0.2, 0.25) is 5.91 Å². The summed E-state index contributed by atoms with van der Waals surface area (Å²) in [6.45, 7) is 3.68. The number of rotatable bonds is 3. The number of nitrogens with one attached hydrogen (secondary N) is 2. The molecule has 0 fully saturated rings. The minimum Gasteiger partial charge on any atom is -0.326 e. The molecule has 0 saturated heterocycles. The van der Waals surface area contributed by atoms with Crippen molar-refractivity contribution in [2.75, 3.05) is 12.4 Å². The van der Waals surface area contributed by atoms with E-state index in [0.29, 0.717) is 12.0 Å². The zero-order valence-corrected chi connectivity index (χ0v) is 10.3. The molecule has 17 heavy (non-hydrogen) atoms. The molecule has 90 valence electrons. The minimum absolute atomic E-state index is 0.0162. The number of anilines is 1. The van der Waals surface area contributed by atoms with Crippen molar-refractivity contribution >= 4 is 17.4 Å². The van der Waals surface area contributed by atoms with Gasteiger partial charge < -0.3 is 10.6 Å². The first-order valence-electron chi connectivity index (χ1n) is 5.60. The lowest BCUT2D eigenvalue weighted by Crippen LogP contribution is -2.44. The van der Waals surface area contributed by atoms with Crippen molar-refractivity contribution in [1.29, 1.82) is 0 Å². The zero-order chi connectivity index (χ0) is 12.6. The Kier molecular flexibility index (Phi) is 2.75. The average Bonchev–Trinajstić information content (AvgIpc) is 2.66. The van der Waals surface area contributed by atoms with Crippen molar-refractivity contribution in [3.63, 3.8) is 0 Å². The molecule has 0 aromatic heterocycles. The Bertz CT molecular complexity index is 492. The fourth-order valence-electron chi connectivity index (χ4n) is 1.84. The van der Waals surface area contributed by atoms with Gasteiger partial charge in [0.25, 0.3) is 0 Å². The van der Waals surface area contributed by atoms with Crippen molar-refractivity contribution < 1.29 is 9.59 Å². The van der Waals surface area contributed by atoms with Crippen LogP contribution < -0.4 is 10.6 Å². The molecular weight excluding hydrogens is 216 g/mol. The normalized spacial score (nSPS) is 14.4. The number of fused-ring (bicyclic) bond motifs is 1. The number of carbonyl (C=O) groups excluding carboxylic acids is 2. The van der Waals surface area contributed by atoms with E-state index in [1.54, 1.807) is 25.2 Å². The Morgan fingerprint density at radius 3 is 2.76 bits per heavy atom. The van der Waals surface area contributed by atoms with Gasteiger partial charge in [-0.1, -0.05) is 0 Å². The van der Waals surface area contributed by atoms with Gasteiger partial charge in [0, 0.05) is 11.3 Å². The van der Waals surface area contributed by atoms with Crippen LogP contribution in [0.15, 0.2) is 18.2 Å². The number of Topliss-reactive ketones (excluding diaryl/α,β-unsaturated/α-hetero) is 1. The first kappa shape index (κ1) is 11.8. The van der Waals surface area contributed by atoms with Crippen LogP contribution in [0.5, 0.6) is 0 Å². The van der Waals surface area contributed by atoms with Crippen molar-refractivity contribution in [2.45, 2.75) is 25.8 Å². The van der Waals surface area contributed by atoms with E-state index >= 15 is 0 Å². The van der Waals surface area contributed by atoms with Crippen LogP contribution in [0.4, 0.5) is 5.69 Å². The Morgan fingerprint density at radius 2 is 2.12 bits per heavy atom. The highest BCUT2D eigenvalue weighted by molar-refractivity contribution is 6.05. The summed E-state index contributed by atoms with van der Waals surface area (Å²) in [5.41, 5.74) is 1.76. The maximum atomic E-state index is 12.2. The molecule has 1 heterocycles. The summed E-state index contributed by atoms with van der Waals surface area (Å²) >= 11 is 0. The Balaban J connectivity index is 2.34. The van der Waals surface area contributed by atoms with Gasteiger partial charge in [-0.2, -0.15) is 0 Å². The van der Waals surface area contributed by atoms with E-state index in [-0.39, 0.29) is 11.7 Å². The Hall–Kier alpha value is -1.68. The lowest BCUT2D eigenvalue weighted by atomic mass is 9.92. The SMILES string of the molecule is CNC(C)(C)C(=O)c1ccc2c(c1)CC(=O)N2. The third-order valence-electron chi connectivity index (χ3n) is 3.19.